The second kappa shape index (κ2) is 9.57. The van der Waals surface area contributed by atoms with Gasteiger partial charge in [0.2, 0.25) is 5.88 Å². The van der Waals surface area contributed by atoms with Crippen LogP contribution in [0.2, 0.25) is 0 Å². The van der Waals surface area contributed by atoms with E-state index < -0.39 is 5.82 Å². The van der Waals surface area contributed by atoms with E-state index in [2.05, 4.69) is 10.1 Å². The molecule has 0 aliphatic rings. The summed E-state index contributed by atoms with van der Waals surface area (Å²) in [5.41, 5.74) is 2.50. The van der Waals surface area contributed by atoms with E-state index in [1.807, 2.05) is 58.0 Å². The molecule has 0 atom stereocenters. The van der Waals surface area contributed by atoms with Crippen LogP contribution in [-0.2, 0) is 6.54 Å². The number of rotatable bonds is 8. The number of hydrogen-bond donors (Lipinski definition) is 0. The van der Waals surface area contributed by atoms with Crippen LogP contribution < -0.4 is 4.90 Å². The third-order valence-corrected chi connectivity index (χ3v) is 5.18. The number of aromatic nitrogens is 1. The summed E-state index contributed by atoms with van der Waals surface area (Å²) < 4.78 is 20.1. The Morgan fingerprint density at radius 2 is 1.67 bits per heavy atom. The molecule has 3 rings (SSSR count). The van der Waals surface area contributed by atoms with Crippen LogP contribution in [-0.4, -0.2) is 35.1 Å². The lowest BCUT2D eigenvalue weighted by molar-refractivity contribution is 0.0686. The Balaban J connectivity index is 2.06. The lowest BCUT2D eigenvalue weighted by Gasteiger charge is -2.28. The zero-order valence-corrected chi connectivity index (χ0v) is 17.9. The van der Waals surface area contributed by atoms with E-state index in [9.17, 15) is 9.18 Å². The van der Waals surface area contributed by atoms with E-state index in [4.69, 9.17) is 4.52 Å². The van der Waals surface area contributed by atoms with Gasteiger partial charge in [-0.3, -0.25) is 4.79 Å². The van der Waals surface area contributed by atoms with Crippen LogP contribution in [0.15, 0.2) is 59.1 Å². The summed E-state index contributed by atoms with van der Waals surface area (Å²) >= 11 is 0. The fourth-order valence-electron chi connectivity index (χ4n) is 3.47. The lowest BCUT2D eigenvalue weighted by Crippen LogP contribution is -2.37. The molecular weight excluding hydrogens is 381 g/mol. The summed E-state index contributed by atoms with van der Waals surface area (Å²) in [4.78, 5) is 17.0. The normalized spacial score (nSPS) is 11.0. The van der Waals surface area contributed by atoms with Crippen LogP contribution in [0.5, 0.6) is 0 Å². The number of hydrogen-bond acceptors (Lipinski definition) is 4. The number of benzene rings is 2. The van der Waals surface area contributed by atoms with E-state index in [0.717, 1.165) is 24.2 Å². The summed E-state index contributed by atoms with van der Waals surface area (Å²) in [6.45, 7) is 9.69. The standard InChI is InChI=1S/C24H28FN3O2/c1-5-27(6-2)24-20(22(26-30-24)18-12-8-7-9-13-18)16-28(17(3)4)23(29)19-14-10-11-15-21(19)25/h7-15,17H,5-6,16H2,1-4H3. The SMILES string of the molecule is CCN(CC)c1onc(-c2ccccc2)c1CN(C(=O)c1ccccc1F)C(C)C. The van der Waals surface area contributed by atoms with Crippen molar-refractivity contribution in [3.8, 4) is 11.3 Å². The minimum atomic E-state index is -0.522. The molecule has 0 N–H and O–H groups in total. The second-order valence-corrected chi connectivity index (χ2v) is 7.36. The smallest absolute Gasteiger partial charge is 0.257 e. The molecule has 30 heavy (non-hydrogen) atoms. The summed E-state index contributed by atoms with van der Waals surface area (Å²) in [6.07, 6.45) is 0. The molecule has 2 aromatic carbocycles. The monoisotopic (exact) mass is 409 g/mol. The number of carbonyl (C=O) groups is 1. The molecule has 5 nitrogen and oxygen atoms in total. The van der Waals surface area contributed by atoms with Gasteiger partial charge in [-0.1, -0.05) is 47.6 Å². The maximum atomic E-state index is 14.3. The van der Waals surface area contributed by atoms with Crippen LogP contribution in [0.4, 0.5) is 10.3 Å². The van der Waals surface area contributed by atoms with Gasteiger partial charge in [-0.2, -0.15) is 0 Å². The van der Waals surface area contributed by atoms with Gasteiger partial charge >= 0.3 is 0 Å². The molecule has 0 saturated carbocycles. The molecule has 6 heteroatoms. The summed E-state index contributed by atoms with van der Waals surface area (Å²) in [7, 11) is 0. The molecule has 3 aromatic rings. The van der Waals surface area contributed by atoms with Crippen LogP contribution in [0.1, 0.15) is 43.6 Å². The Morgan fingerprint density at radius 3 is 2.27 bits per heavy atom. The molecular formula is C24H28FN3O2. The molecule has 1 heterocycles. The molecule has 0 spiro atoms. The van der Waals surface area contributed by atoms with Crippen molar-refractivity contribution in [2.45, 2.75) is 40.3 Å². The Morgan fingerprint density at radius 1 is 1.03 bits per heavy atom. The lowest BCUT2D eigenvalue weighted by atomic mass is 10.1. The fraction of sp³-hybridized carbons (Fsp3) is 0.333. The predicted octanol–water partition coefficient (Wildman–Crippen LogP) is 5.38. The van der Waals surface area contributed by atoms with Crippen molar-refractivity contribution in [3.63, 3.8) is 0 Å². The molecule has 1 aromatic heterocycles. The molecule has 0 unspecified atom stereocenters. The Bertz CT molecular complexity index is 981. The van der Waals surface area contributed by atoms with Gasteiger partial charge in [0.1, 0.15) is 11.5 Å². The summed E-state index contributed by atoms with van der Waals surface area (Å²) in [5.74, 6) is -0.231. The van der Waals surface area contributed by atoms with Gasteiger partial charge < -0.3 is 14.3 Å². The Kier molecular flexibility index (Phi) is 6.87. The van der Waals surface area contributed by atoms with Gasteiger partial charge in [0.15, 0.2) is 0 Å². The van der Waals surface area contributed by atoms with Crippen LogP contribution >= 0.6 is 0 Å². The third kappa shape index (κ3) is 4.37. The number of anilines is 1. The number of carbonyl (C=O) groups excluding carboxylic acids is 1. The molecule has 0 bridgehead atoms. The second-order valence-electron chi connectivity index (χ2n) is 7.36. The number of nitrogens with zero attached hydrogens (tertiary/aromatic N) is 3. The van der Waals surface area contributed by atoms with E-state index in [0.29, 0.717) is 11.6 Å². The average Bonchev–Trinajstić information content (AvgIpc) is 3.16. The van der Waals surface area contributed by atoms with Crippen molar-refractivity contribution in [1.29, 1.82) is 0 Å². The maximum absolute atomic E-state index is 14.3. The van der Waals surface area contributed by atoms with Crippen LogP contribution in [0.25, 0.3) is 11.3 Å². The highest BCUT2D eigenvalue weighted by molar-refractivity contribution is 5.94. The molecule has 0 aliphatic carbocycles. The Labute approximate surface area is 177 Å². The Hall–Kier alpha value is -3.15. The highest BCUT2D eigenvalue weighted by atomic mass is 19.1. The zero-order chi connectivity index (χ0) is 21.7. The molecule has 0 radical (unpaired) electrons. The van der Waals surface area contributed by atoms with E-state index >= 15 is 0 Å². The summed E-state index contributed by atoms with van der Waals surface area (Å²) in [6, 6.07) is 15.7. The van der Waals surface area contributed by atoms with Crippen LogP contribution in [0.3, 0.4) is 0 Å². The first-order valence-electron chi connectivity index (χ1n) is 10.3. The first kappa shape index (κ1) is 21.6. The van der Waals surface area contributed by atoms with E-state index in [1.54, 1.807) is 17.0 Å². The molecule has 0 aliphatic heterocycles. The molecule has 0 saturated heterocycles. The third-order valence-electron chi connectivity index (χ3n) is 5.18. The minimum Gasteiger partial charge on any atom is -0.341 e. The molecule has 158 valence electrons. The van der Waals surface area contributed by atoms with Crippen molar-refractivity contribution in [2.24, 2.45) is 0 Å². The van der Waals surface area contributed by atoms with E-state index in [-0.39, 0.29) is 24.1 Å². The van der Waals surface area contributed by atoms with Crippen molar-refractivity contribution < 1.29 is 13.7 Å². The van der Waals surface area contributed by atoms with Gasteiger partial charge in [0.05, 0.1) is 17.7 Å². The van der Waals surface area contributed by atoms with Crippen molar-refractivity contribution in [1.82, 2.24) is 10.1 Å². The number of halogens is 1. The minimum absolute atomic E-state index is 0.0632. The van der Waals surface area contributed by atoms with Crippen LogP contribution in [0, 0.1) is 5.82 Å². The first-order valence-corrected chi connectivity index (χ1v) is 10.3. The number of amides is 1. The highest BCUT2D eigenvalue weighted by Gasteiger charge is 2.28. The fourth-order valence-corrected chi connectivity index (χ4v) is 3.47. The van der Waals surface area contributed by atoms with Crippen molar-refractivity contribution in [3.05, 3.63) is 71.5 Å². The van der Waals surface area contributed by atoms with Gasteiger partial charge in [0.25, 0.3) is 5.91 Å². The predicted molar refractivity (Wildman–Crippen MR) is 117 cm³/mol. The topological polar surface area (TPSA) is 49.6 Å². The maximum Gasteiger partial charge on any atom is 0.257 e. The van der Waals surface area contributed by atoms with E-state index in [1.165, 1.54) is 12.1 Å². The summed E-state index contributed by atoms with van der Waals surface area (Å²) in [5, 5.41) is 4.34. The molecule has 1 amide bonds. The zero-order valence-electron chi connectivity index (χ0n) is 17.9. The van der Waals surface area contributed by atoms with Gasteiger partial charge in [0, 0.05) is 24.7 Å². The largest absolute Gasteiger partial charge is 0.341 e. The van der Waals surface area contributed by atoms with Gasteiger partial charge in [-0.05, 0) is 39.8 Å². The van der Waals surface area contributed by atoms with Crippen molar-refractivity contribution >= 4 is 11.8 Å². The molecule has 0 fully saturated rings. The average molecular weight is 410 g/mol. The van der Waals surface area contributed by atoms with Gasteiger partial charge in [-0.15, -0.1) is 0 Å². The van der Waals surface area contributed by atoms with Crippen molar-refractivity contribution in [2.75, 3.05) is 18.0 Å². The highest BCUT2D eigenvalue weighted by Crippen LogP contribution is 2.33. The quantitative estimate of drug-likeness (QED) is 0.501. The first-order chi connectivity index (χ1) is 14.5. The van der Waals surface area contributed by atoms with Gasteiger partial charge in [-0.25, -0.2) is 4.39 Å².